The van der Waals surface area contributed by atoms with E-state index in [1.165, 1.54) is 11.3 Å². The van der Waals surface area contributed by atoms with Gasteiger partial charge in [0.15, 0.2) is 0 Å². The van der Waals surface area contributed by atoms with Crippen LogP contribution in [0.25, 0.3) is 5.52 Å². The molecular weight excluding hydrogens is 316 g/mol. The van der Waals surface area contributed by atoms with E-state index in [0.29, 0.717) is 0 Å². The second-order valence-corrected chi connectivity index (χ2v) is 5.48. The van der Waals surface area contributed by atoms with Gasteiger partial charge in [-0.15, -0.1) is 0 Å². The number of fused-ring (bicyclic) bond motifs is 1. The van der Waals surface area contributed by atoms with Crippen molar-refractivity contribution in [3.05, 3.63) is 64.1 Å². The van der Waals surface area contributed by atoms with Crippen LogP contribution in [0.15, 0.2) is 47.1 Å². The Labute approximate surface area is 126 Å². The molecule has 2 heterocycles. The molecule has 2 aromatic heterocycles. The lowest BCUT2D eigenvalue weighted by Gasteiger charge is -2.06. The van der Waals surface area contributed by atoms with Gasteiger partial charge in [0.05, 0.1) is 12.6 Å². The molecule has 20 heavy (non-hydrogen) atoms. The van der Waals surface area contributed by atoms with Gasteiger partial charge in [0.25, 0.3) is 0 Å². The maximum absolute atomic E-state index is 5.18. The highest BCUT2D eigenvalue weighted by Crippen LogP contribution is 2.23. The van der Waals surface area contributed by atoms with E-state index in [4.69, 9.17) is 4.74 Å². The third-order valence-electron chi connectivity index (χ3n) is 3.40. The van der Waals surface area contributed by atoms with E-state index in [0.717, 1.165) is 28.1 Å². The Morgan fingerprint density at radius 2 is 1.90 bits per heavy atom. The minimum Gasteiger partial charge on any atom is -0.497 e. The van der Waals surface area contributed by atoms with E-state index in [1.807, 2.05) is 18.2 Å². The zero-order valence-electron chi connectivity index (χ0n) is 11.4. The largest absolute Gasteiger partial charge is 0.497 e. The van der Waals surface area contributed by atoms with Crippen LogP contribution in [0, 0.1) is 6.92 Å². The molecule has 4 heteroatoms. The van der Waals surface area contributed by atoms with Crippen LogP contribution in [0.4, 0.5) is 0 Å². The summed E-state index contributed by atoms with van der Waals surface area (Å²) in [6.07, 6.45) is 0.793. The number of ether oxygens (including phenoxy) is 1. The third-order valence-corrected chi connectivity index (χ3v) is 3.99. The SMILES string of the molecule is COc1ccc(Cc2nc(Br)c3cccc(C)n23)cc1. The van der Waals surface area contributed by atoms with Gasteiger partial charge in [-0.25, -0.2) is 4.98 Å². The molecule has 0 amide bonds. The first-order valence-corrected chi connectivity index (χ1v) is 7.23. The predicted octanol–water partition coefficient (Wildman–Crippen LogP) is 4.00. The van der Waals surface area contributed by atoms with E-state index < -0.39 is 0 Å². The lowest BCUT2D eigenvalue weighted by molar-refractivity contribution is 0.414. The van der Waals surface area contributed by atoms with Crippen LogP contribution in [0.1, 0.15) is 17.1 Å². The van der Waals surface area contributed by atoms with Gasteiger partial charge >= 0.3 is 0 Å². The van der Waals surface area contributed by atoms with Crippen molar-refractivity contribution >= 4 is 21.4 Å². The Morgan fingerprint density at radius 1 is 1.15 bits per heavy atom. The van der Waals surface area contributed by atoms with Gasteiger partial charge in [-0.1, -0.05) is 18.2 Å². The number of hydrogen-bond acceptors (Lipinski definition) is 2. The molecule has 3 aromatic rings. The highest BCUT2D eigenvalue weighted by molar-refractivity contribution is 9.10. The second kappa shape index (κ2) is 5.29. The molecule has 0 aliphatic heterocycles. The first kappa shape index (κ1) is 13.2. The molecule has 0 aliphatic rings. The topological polar surface area (TPSA) is 26.5 Å². The van der Waals surface area contributed by atoms with E-state index in [-0.39, 0.29) is 0 Å². The molecule has 102 valence electrons. The average molecular weight is 331 g/mol. The lowest BCUT2D eigenvalue weighted by Crippen LogP contribution is -1.99. The number of benzene rings is 1. The fourth-order valence-corrected chi connectivity index (χ4v) is 2.90. The molecule has 3 nitrogen and oxygen atoms in total. The van der Waals surface area contributed by atoms with E-state index in [1.54, 1.807) is 7.11 Å². The van der Waals surface area contributed by atoms with E-state index in [2.05, 4.69) is 56.5 Å². The fourth-order valence-electron chi connectivity index (χ4n) is 2.39. The molecule has 0 atom stereocenters. The molecule has 0 saturated carbocycles. The van der Waals surface area contributed by atoms with Crippen molar-refractivity contribution in [1.82, 2.24) is 9.38 Å². The molecule has 0 aliphatic carbocycles. The van der Waals surface area contributed by atoms with Crippen LogP contribution in [-0.2, 0) is 6.42 Å². The normalized spacial score (nSPS) is 10.9. The summed E-state index contributed by atoms with van der Waals surface area (Å²) >= 11 is 3.54. The number of nitrogens with zero attached hydrogens (tertiary/aromatic N) is 2. The van der Waals surface area contributed by atoms with Crippen LogP contribution >= 0.6 is 15.9 Å². The number of rotatable bonds is 3. The Hall–Kier alpha value is -1.81. The maximum atomic E-state index is 5.18. The van der Waals surface area contributed by atoms with Crippen molar-refractivity contribution in [1.29, 1.82) is 0 Å². The van der Waals surface area contributed by atoms with Crippen LogP contribution in [0.3, 0.4) is 0 Å². The van der Waals surface area contributed by atoms with Crippen molar-refractivity contribution in [2.45, 2.75) is 13.3 Å². The summed E-state index contributed by atoms with van der Waals surface area (Å²) in [5.74, 6) is 1.91. The zero-order chi connectivity index (χ0) is 14.1. The summed E-state index contributed by atoms with van der Waals surface area (Å²) in [6, 6.07) is 14.3. The third kappa shape index (κ3) is 2.31. The Morgan fingerprint density at radius 3 is 2.60 bits per heavy atom. The second-order valence-electron chi connectivity index (χ2n) is 4.73. The monoisotopic (exact) mass is 330 g/mol. The van der Waals surface area contributed by atoms with Crippen molar-refractivity contribution in [2.75, 3.05) is 7.11 Å². The standard InChI is InChI=1S/C16H15BrN2O/c1-11-4-3-5-14-16(17)18-15(19(11)14)10-12-6-8-13(20-2)9-7-12/h3-9H,10H2,1-2H3. The summed E-state index contributed by atoms with van der Waals surface area (Å²) < 4.78 is 8.27. The molecule has 0 fully saturated rings. The van der Waals surface area contributed by atoms with Crippen LogP contribution < -0.4 is 4.74 Å². The van der Waals surface area contributed by atoms with E-state index in [9.17, 15) is 0 Å². The Balaban J connectivity index is 2.02. The van der Waals surface area contributed by atoms with Crippen molar-refractivity contribution in [3.63, 3.8) is 0 Å². The number of halogens is 1. The summed E-state index contributed by atoms with van der Waals surface area (Å²) in [5, 5.41) is 0. The number of imidazole rings is 1. The van der Waals surface area contributed by atoms with Crippen molar-refractivity contribution in [2.24, 2.45) is 0 Å². The van der Waals surface area contributed by atoms with Gasteiger partial charge in [-0.05, 0) is 52.7 Å². The molecule has 1 aromatic carbocycles. The molecule has 0 saturated heterocycles. The fraction of sp³-hybridized carbons (Fsp3) is 0.188. The van der Waals surface area contributed by atoms with Gasteiger partial charge in [0, 0.05) is 12.1 Å². The van der Waals surface area contributed by atoms with Gasteiger partial charge in [-0.3, -0.25) is 4.40 Å². The van der Waals surface area contributed by atoms with Crippen molar-refractivity contribution < 1.29 is 4.74 Å². The number of hydrogen-bond donors (Lipinski definition) is 0. The Bertz CT molecular complexity index is 747. The predicted molar refractivity (Wildman–Crippen MR) is 83.4 cm³/mol. The smallest absolute Gasteiger partial charge is 0.132 e. The highest BCUT2D eigenvalue weighted by atomic mass is 79.9. The van der Waals surface area contributed by atoms with Crippen LogP contribution in [-0.4, -0.2) is 16.5 Å². The summed E-state index contributed by atoms with van der Waals surface area (Å²) in [7, 11) is 1.68. The lowest BCUT2D eigenvalue weighted by atomic mass is 10.1. The number of pyridine rings is 1. The summed E-state index contributed by atoms with van der Waals surface area (Å²) in [6.45, 7) is 2.10. The first-order valence-electron chi connectivity index (χ1n) is 6.44. The minimum atomic E-state index is 0.793. The number of aryl methyl sites for hydroxylation is 1. The van der Waals surface area contributed by atoms with Gasteiger partial charge in [-0.2, -0.15) is 0 Å². The summed E-state index contributed by atoms with van der Waals surface area (Å²) in [4.78, 5) is 4.64. The molecule has 0 N–H and O–H groups in total. The molecule has 0 radical (unpaired) electrons. The maximum Gasteiger partial charge on any atom is 0.132 e. The zero-order valence-corrected chi connectivity index (χ0v) is 13.0. The number of methoxy groups -OCH3 is 1. The molecule has 0 bridgehead atoms. The molecule has 0 spiro atoms. The van der Waals surface area contributed by atoms with Crippen LogP contribution in [0.5, 0.6) is 5.75 Å². The first-order chi connectivity index (χ1) is 9.69. The molecular formula is C16H15BrN2O. The van der Waals surface area contributed by atoms with Gasteiger partial charge in [0.1, 0.15) is 16.2 Å². The number of aromatic nitrogens is 2. The quantitative estimate of drug-likeness (QED) is 0.725. The van der Waals surface area contributed by atoms with Gasteiger partial charge in [0.2, 0.25) is 0 Å². The molecule has 0 unspecified atom stereocenters. The minimum absolute atomic E-state index is 0.793. The van der Waals surface area contributed by atoms with E-state index >= 15 is 0 Å². The molecule has 3 rings (SSSR count). The average Bonchev–Trinajstić information content (AvgIpc) is 2.78. The van der Waals surface area contributed by atoms with Gasteiger partial charge < -0.3 is 4.74 Å². The highest BCUT2D eigenvalue weighted by Gasteiger charge is 2.11. The van der Waals surface area contributed by atoms with Crippen molar-refractivity contribution in [3.8, 4) is 5.75 Å². The summed E-state index contributed by atoms with van der Waals surface area (Å²) in [5.41, 5.74) is 3.51. The Kier molecular flexibility index (Phi) is 3.49. The van der Waals surface area contributed by atoms with Crippen LogP contribution in [0.2, 0.25) is 0 Å².